The molecule has 0 saturated heterocycles. The van der Waals surface area contributed by atoms with Crippen LogP contribution in [0.3, 0.4) is 0 Å². The summed E-state index contributed by atoms with van der Waals surface area (Å²) in [5.74, 6) is 0. The third-order valence-corrected chi connectivity index (χ3v) is 14.8. The van der Waals surface area contributed by atoms with Gasteiger partial charge >= 0.3 is 0 Å². The van der Waals surface area contributed by atoms with Crippen molar-refractivity contribution >= 4 is 45.5 Å². The fourth-order valence-electron chi connectivity index (χ4n) is 9.49. The summed E-state index contributed by atoms with van der Waals surface area (Å²) in [6.45, 7) is 22.9. The average molecular weight is 1040 g/mol. The summed E-state index contributed by atoms with van der Waals surface area (Å²) in [5, 5.41) is 7.97. The molecule has 6 heteroatoms. The number of rotatable bonds is 20. The maximum Gasteiger partial charge on any atom is 0.0473 e. The lowest BCUT2D eigenvalue weighted by Gasteiger charge is -2.30. The largest absolute Gasteiger partial charge is 0.378 e. The zero-order chi connectivity index (χ0) is 56.5. The van der Waals surface area contributed by atoms with Crippen molar-refractivity contribution in [2.24, 2.45) is 0 Å². The van der Waals surface area contributed by atoms with Gasteiger partial charge in [0.25, 0.3) is 0 Å². The molecule has 0 atom stereocenters. The lowest BCUT2D eigenvalue weighted by Crippen LogP contribution is -2.18. The van der Waals surface area contributed by atoms with Gasteiger partial charge in [-0.25, -0.2) is 0 Å². The zero-order valence-corrected chi connectivity index (χ0v) is 51.0. The Hall–Kier alpha value is -6.66. The molecule has 77 heavy (non-hydrogen) atoms. The maximum absolute atomic E-state index is 3.99. The summed E-state index contributed by atoms with van der Waals surface area (Å²) in [7, 11) is 16.7. The molecule has 0 amide bonds. The number of benzene rings is 7. The highest BCUT2D eigenvalue weighted by Gasteiger charge is 2.27. The van der Waals surface area contributed by atoms with Crippen LogP contribution in [0.15, 0.2) is 146 Å². The van der Waals surface area contributed by atoms with E-state index in [-0.39, 0.29) is 10.8 Å². The van der Waals surface area contributed by atoms with E-state index >= 15 is 0 Å². The molecule has 0 bridgehead atoms. The summed E-state index contributed by atoms with van der Waals surface area (Å²) in [5.41, 5.74) is 20.7. The van der Waals surface area contributed by atoms with Crippen LogP contribution in [-0.4, -0.2) is 56.4 Å². The molecule has 412 valence electrons. The fraction of sp³-hybridized carbons (Fsp3) is 0.408. The van der Waals surface area contributed by atoms with Gasteiger partial charge in [-0.1, -0.05) is 175 Å². The van der Waals surface area contributed by atoms with E-state index < -0.39 is 0 Å². The molecular formula is C71H98N6. The van der Waals surface area contributed by atoms with Gasteiger partial charge in [-0.05, 0) is 153 Å². The number of nitrogens with one attached hydrogen (secondary N) is 2. The molecule has 0 aliphatic carbocycles. The molecular weight excluding hydrogens is 937 g/mol. The van der Waals surface area contributed by atoms with Crippen molar-refractivity contribution in [3.63, 3.8) is 0 Å². The van der Waals surface area contributed by atoms with Crippen LogP contribution < -0.4 is 30.2 Å². The molecule has 0 radical (unpaired) electrons. The number of anilines is 8. The van der Waals surface area contributed by atoms with Gasteiger partial charge in [0.05, 0.1) is 0 Å². The van der Waals surface area contributed by atoms with Crippen LogP contribution in [0, 0.1) is 0 Å². The molecule has 7 rings (SSSR count). The first-order valence-corrected chi connectivity index (χ1v) is 28.8. The van der Waals surface area contributed by atoms with Crippen LogP contribution in [0.1, 0.15) is 138 Å². The first kappa shape index (κ1) is 61.2. The highest BCUT2D eigenvalue weighted by Crippen LogP contribution is 2.46. The van der Waals surface area contributed by atoms with Crippen LogP contribution in [0.4, 0.5) is 45.5 Å². The first-order chi connectivity index (χ1) is 36.6. The van der Waals surface area contributed by atoms with Crippen molar-refractivity contribution in [2.45, 2.75) is 138 Å². The molecule has 2 N–H and O–H groups in total. The second-order valence-electron chi connectivity index (χ2n) is 23.4. The first-order valence-electron chi connectivity index (χ1n) is 28.8. The van der Waals surface area contributed by atoms with Crippen molar-refractivity contribution in [3.05, 3.63) is 157 Å². The van der Waals surface area contributed by atoms with Gasteiger partial charge in [0.2, 0.25) is 0 Å². The van der Waals surface area contributed by atoms with Crippen molar-refractivity contribution in [1.29, 1.82) is 0 Å². The average Bonchev–Trinajstić information content (AvgIpc) is 3.44. The van der Waals surface area contributed by atoms with Gasteiger partial charge in [-0.15, -0.1) is 0 Å². The summed E-state index contributed by atoms with van der Waals surface area (Å²) in [6.07, 6.45) is 12.1. The van der Waals surface area contributed by atoms with E-state index in [2.05, 4.69) is 301 Å². The van der Waals surface area contributed by atoms with Gasteiger partial charge in [-0.3, -0.25) is 0 Å². The topological polar surface area (TPSA) is 37.0 Å². The Bertz CT molecular complexity index is 2850. The monoisotopic (exact) mass is 1030 g/mol. The minimum Gasteiger partial charge on any atom is -0.378 e. The van der Waals surface area contributed by atoms with Crippen LogP contribution in [-0.2, 0) is 10.8 Å². The third-order valence-electron chi connectivity index (χ3n) is 14.8. The van der Waals surface area contributed by atoms with Crippen LogP contribution in [0.2, 0.25) is 0 Å². The van der Waals surface area contributed by atoms with Crippen molar-refractivity contribution in [2.75, 3.05) is 86.6 Å². The summed E-state index contributed by atoms with van der Waals surface area (Å²) in [4.78, 5) is 8.60. The predicted octanol–water partition coefficient (Wildman–Crippen LogP) is 20.3. The quantitative estimate of drug-likeness (QED) is 0.0741. The summed E-state index contributed by atoms with van der Waals surface area (Å²) in [6, 6.07) is 54.0. The van der Waals surface area contributed by atoms with Crippen LogP contribution >= 0.6 is 0 Å². The summed E-state index contributed by atoms with van der Waals surface area (Å²) >= 11 is 0. The molecule has 0 aliphatic rings. The zero-order valence-electron chi connectivity index (χ0n) is 51.0. The van der Waals surface area contributed by atoms with E-state index in [1.165, 1.54) is 130 Å². The molecule has 0 saturated carbocycles. The van der Waals surface area contributed by atoms with E-state index in [4.69, 9.17) is 0 Å². The Labute approximate surface area is 469 Å². The molecule has 0 spiro atoms. The maximum atomic E-state index is 3.99. The smallest absolute Gasteiger partial charge is 0.0473 e. The molecule has 0 aromatic heterocycles. The second-order valence-corrected chi connectivity index (χ2v) is 23.4. The van der Waals surface area contributed by atoms with Crippen molar-refractivity contribution < 1.29 is 0 Å². The van der Waals surface area contributed by atoms with Gasteiger partial charge in [0.15, 0.2) is 0 Å². The van der Waals surface area contributed by atoms with Gasteiger partial charge < -0.3 is 30.2 Å². The van der Waals surface area contributed by atoms with E-state index in [0.29, 0.717) is 0 Å². The highest BCUT2D eigenvalue weighted by molar-refractivity contribution is 5.92. The lowest BCUT2D eigenvalue weighted by atomic mass is 9.76. The SMILES string of the molecule is CCC(C)(C)c1cc(-c2ccc(N(C)C)cc2)cc(Nc2cccc(Nc3cc(-c4ccc(N(C)C)cc4)cc(C(C)(C)C)c3-c3ccc(N(C)C)cc3)c2)c1-c1ccc(N(C)C)cc1.CCCCCC.CCCCCC. The Kier molecular flexibility index (Phi) is 22.8. The van der Waals surface area contributed by atoms with Crippen LogP contribution in [0.25, 0.3) is 44.5 Å². The molecule has 6 nitrogen and oxygen atoms in total. The Morgan fingerprint density at radius 1 is 0.338 bits per heavy atom. The van der Waals surface area contributed by atoms with Crippen molar-refractivity contribution in [3.8, 4) is 44.5 Å². The van der Waals surface area contributed by atoms with Gasteiger partial charge in [0, 0.05) is 113 Å². The standard InChI is InChI=1S/C59H70N6.2C6H14/c1-15-59(5,6)53-36-45(41-21-29-49(30-22-41)63(9)10)38-55(57(53)43-25-33-51(34-26-43)65(13)14)61-47-18-16-17-46(39-47)60-54-37-44(40-19-27-48(28-20-40)62(7)8)35-52(58(2,3)4)56(54)42-23-31-50(32-24-42)64(11)12;2*1-3-5-6-4-2/h16-39,60-61H,15H2,1-14H3;2*3-6H2,1-2H3. The highest BCUT2D eigenvalue weighted by atomic mass is 15.1. The van der Waals surface area contributed by atoms with E-state index in [0.717, 1.165) is 29.2 Å². The normalized spacial score (nSPS) is 11.2. The van der Waals surface area contributed by atoms with Crippen molar-refractivity contribution in [1.82, 2.24) is 0 Å². The molecule has 0 fully saturated rings. The fourth-order valence-corrected chi connectivity index (χ4v) is 9.49. The number of hydrogen-bond donors (Lipinski definition) is 2. The second kappa shape index (κ2) is 28.6. The lowest BCUT2D eigenvalue weighted by molar-refractivity contribution is 0.508. The third kappa shape index (κ3) is 16.9. The number of hydrogen-bond acceptors (Lipinski definition) is 6. The van der Waals surface area contributed by atoms with Gasteiger partial charge in [-0.2, -0.15) is 0 Å². The predicted molar refractivity (Wildman–Crippen MR) is 347 cm³/mol. The minimum atomic E-state index is -0.141. The molecule has 0 unspecified atom stereocenters. The molecule has 0 aliphatic heterocycles. The Balaban J connectivity index is 0.000000818. The van der Waals surface area contributed by atoms with E-state index in [1.54, 1.807) is 0 Å². The van der Waals surface area contributed by atoms with E-state index in [9.17, 15) is 0 Å². The summed E-state index contributed by atoms with van der Waals surface area (Å²) < 4.78 is 0. The van der Waals surface area contributed by atoms with E-state index in [1.807, 2.05) is 0 Å². The Morgan fingerprint density at radius 2 is 0.636 bits per heavy atom. The van der Waals surface area contributed by atoms with Crippen LogP contribution in [0.5, 0.6) is 0 Å². The molecule has 7 aromatic rings. The molecule has 0 heterocycles. The Morgan fingerprint density at radius 3 is 0.922 bits per heavy atom. The van der Waals surface area contributed by atoms with Gasteiger partial charge in [0.1, 0.15) is 0 Å². The number of unbranched alkanes of at least 4 members (excludes halogenated alkanes) is 6. The molecule has 7 aromatic carbocycles. The number of nitrogens with zero attached hydrogens (tertiary/aromatic N) is 4. The minimum absolute atomic E-state index is 0.0985.